The highest BCUT2D eigenvalue weighted by Gasteiger charge is 2.77. The van der Waals surface area contributed by atoms with Crippen molar-refractivity contribution in [3.8, 4) is 5.75 Å². The largest absolute Gasteiger partial charge is 0.494 e. The quantitative estimate of drug-likeness (QED) is 0.356. The van der Waals surface area contributed by atoms with E-state index in [9.17, 15) is 19.5 Å². The summed E-state index contributed by atoms with van der Waals surface area (Å²) in [4.78, 5) is 43.2. The molecule has 3 saturated heterocycles. The molecule has 3 fully saturated rings. The van der Waals surface area contributed by atoms with Crippen molar-refractivity contribution in [1.29, 1.82) is 0 Å². The summed E-state index contributed by atoms with van der Waals surface area (Å²) in [6, 6.07) is 6.66. The number of aliphatic hydroxyl groups excluding tert-OH is 1. The number of carbonyl (C=O) groups is 3. The smallest absolute Gasteiger partial charge is 0.244 e. The van der Waals surface area contributed by atoms with Crippen LogP contribution in [0.1, 0.15) is 66.2 Å². The van der Waals surface area contributed by atoms with Crippen molar-refractivity contribution in [3.63, 3.8) is 0 Å². The summed E-state index contributed by atoms with van der Waals surface area (Å²) in [5.41, 5.74) is 0.659. The number of fused-ring (bicyclic) bond motifs is 1. The van der Waals surface area contributed by atoms with Gasteiger partial charge in [0, 0.05) is 29.6 Å². The summed E-state index contributed by atoms with van der Waals surface area (Å²) < 4.78 is 4.46. The number of nitrogens with zero attached hydrogens (tertiary/aromatic N) is 1. The molecule has 0 saturated carbocycles. The number of ether oxygens (including phenoxy) is 1. The Balaban J connectivity index is 1.62. The first-order valence-electron chi connectivity index (χ1n) is 13.7. The normalized spacial score (nSPS) is 30.8. The molecule has 0 radical (unpaired) electrons. The van der Waals surface area contributed by atoms with E-state index in [1.807, 2.05) is 38.1 Å². The van der Waals surface area contributed by atoms with Crippen LogP contribution in [0.4, 0.5) is 5.69 Å². The molecule has 4 rings (SSSR count). The molecule has 3 aliphatic heterocycles. The van der Waals surface area contributed by atoms with Gasteiger partial charge in [-0.25, -0.2) is 0 Å². The predicted molar refractivity (Wildman–Crippen MR) is 146 cm³/mol. The van der Waals surface area contributed by atoms with Crippen LogP contribution in [0.3, 0.4) is 0 Å². The predicted octanol–water partition coefficient (Wildman–Crippen LogP) is 3.58. The molecule has 3 N–H and O–H groups in total. The van der Waals surface area contributed by atoms with Crippen LogP contribution in [-0.2, 0) is 14.4 Å². The SMILES string of the molecule is CCCC(C)NC(=O)C1N(CCCCO)C(=O)[C@@H]2[C@@H](C(=O)Nc3ccc(OCC)cc3)[C@@]3(C)CCC12S3. The standard InChI is InChI=1S/C28H41N3O5S/c1-5-9-18(3)29-25(34)23-28-15-14-27(4,37-28)21(22(28)26(35)31(23)16-7-8-17-32)24(33)30-19-10-12-20(13-11-19)36-6-2/h10-13,18,21-23,32H,5-9,14-17H2,1-4H3,(H,29,34)(H,30,33)/t18?,21-,22-,23?,27+,28?/m0/s1. The monoisotopic (exact) mass is 531 g/mol. The zero-order valence-corrected chi connectivity index (χ0v) is 23.2. The lowest BCUT2D eigenvalue weighted by Gasteiger charge is -2.35. The Morgan fingerprint density at radius 3 is 2.57 bits per heavy atom. The Morgan fingerprint density at radius 1 is 1.19 bits per heavy atom. The van der Waals surface area contributed by atoms with E-state index in [-0.39, 0.29) is 30.4 Å². The molecule has 1 spiro atoms. The first-order chi connectivity index (χ1) is 17.7. The first kappa shape index (κ1) is 27.8. The van der Waals surface area contributed by atoms with Gasteiger partial charge in [-0.1, -0.05) is 13.3 Å². The minimum absolute atomic E-state index is 0.0142. The number of carbonyl (C=O) groups excluding carboxylic acids is 3. The van der Waals surface area contributed by atoms with E-state index in [1.54, 1.807) is 16.7 Å². The molecule has 0 aliphatic carbocycles. The van der Waals surface area contributed by atoms with E-state index in [4.69, 9.17) is 4.74 Å². The van der Waals surface area contributed by atoms with Gasteiger partial charge in [0.2, 0.25) is 17.7 Å². The van der Waals surface area contributed by atoms with Gasteiger partial charge in [0.15, 0.2) is 0 Å². The minimum atomic E-state index is -0.623. The maximum absolute atomic E-state index is 14.0. The fraction of sp³-hybridized carbons (Fsp3) is 0.679. The molecule has 8 nitrogen and oxygen atoms in total. The van der Waals surface area contributed by atoms with Crippen molar-refractivity contribution < 1.29 is 24.2 Å². The molecule has 37 heavy (non-hydrogen) atoms. The van der Waals surface area contributed by atoms with Crippen LogP contribution >= 0.6 is 11.8 Å². The number of anilines is 1. The Labute approximate surface area is 224 Å². The maximum atomic E-state index is 14.0. The van der Waals surface area contributed by atoms with E-state index in [1.165, 1.54) is 0 Å². The second kappa shape index (κ2) is 11.2. The molecule has 9 heteroatoms. The summed E-state index contributed by atoms with van der Waals surface area (Å²) in [5, 5.41) is 15.5. The molecule has 3 aliphatic rings. The highest BCUT2D eigenvalue weighted by atomic mass is 32.2. The average Bonchev–Trinajstić information content (AvgIpc) is 3.41. The van der Waals surface area contributed by atoms with E-state index >= 15 is 0 Å². The Kier molecular flexibility index (Phi) is 8.43. The van der Waals surface area contributed by atoms with Crippen LogP contribution in [0, 0.1) is 11.8 Å². The van der Waals surface area contributed by atoms with Gasteiger partial charge in [-0.15, -0.1) is 11.8 Å². The lowest BCUT2D eigenvalue weighted by atomic mass is 9.66. The second-order valence-electron chi connectivity index (χ2n) is 10.8. The van der Waals surface area contributed by atoms with Gasteiger partial charge in [0.1, 0.15) is 11.8 Å². The number of nitrogens with one attached hydrogen (secondary N) is 2. The molecule has 2 bridgehead atoms. The molecular weight excluding hydrogens is 490 g/mol. The van der Waals surface area contributed by atoms with Gasteiger partial charge in [0.25, 0.3) is 0 Å². The lowest BCUT2D eigenvalue weighted by molar-refractivity contribution is -0.139. The Bertz CT molecular complexity index is 1000. The van der Waals surface area contributed by atoms with Gasteiger partial charge in [-0.3, -0.25) is 14.4 Å². The van der Waals surface area contributed by atoms with Gasteiger partial charge in [0.05, 0.1) is 23.2 Å². The van der Waals surface area contributed by atoms with Crippen LogP contribution < -0.4 is 15.4 Å². The second-order valence-corrected chi connectivity index (χ2v) is 12.7. The van der Waals surface area contributed by atoms with Crippen LogP contribution in [0.5, 0.6) is 5.75 Å². The van der Waals surface area contributed by atoms with E-state index in [0.29, 0.717) is 31.7 Å². The molecule has 3 unspecified atom stereocenters. The number of thioether (sulfide) groups is 1. The number of hydrogen-bond acceptors (Lipinski definition) is 6. The fourth-order valence-electron chi connectivity index (χ4n) is 6.61. The number of likely N-dealkylation sites (tertiary alicyclic amines) is 1. The van der Waals surface area contributed by atoms with Crippen molar-refractivity contribution in [1.82, 2.24) is 10.2 Å². The van der Waals surface area contributed by atoms with Crippen molar-refractivity contribution in [2.75, 3.05) is 25.1 Å². The van der Waals surface area contributed by atoms with Crippen molar-refractivity contribution in [2.45, 2.75) is 87.8 Å². The number of rotatable bonds is 12. The number of unbranched alkanes of at least 4 members (excludes halogenated alkanes) is 1. The zero-order chi connectivity index (χ0) is 26.8. The fourth-order valence-corrected chi connectivity index (χ4v) is 8.97. The molecular formula is C28H41N3O5S. The highest BCUT2D eigenvalue weighted by molar-refractivity contribution is 8.02. The number of hydrogen-bond donors (Lipinski definition) is 3. The van der Waals surface area contributed by atoms with Gasteiger partial charge >= 0.3 is 0 Å². The zero-order valence-electron chi connectivity index (χ0n) is 22.4. The topological polar surface area (TPSA) is 108 Å². The van der Waals surface area contributed by atoms with Crippen molar-refractivity contribution in [2.24, 2.45) is 11.8 Å². The molecule has 3 heterocycles. The van der Waals surface area contributed by atoms with Crippen molar-refractivity contribution >= 4 is 35.2 Å². The number of aliphatic hydroxyl groups is 1. The maximum Gasteiger partial charge on any atom is 0.244 e. The van der Waals surface area contributed by atoms with Crippen LogP contribution in [0.25, 0.3) is 0 Å². The summed E-state index contributed by atoms with van der Waals surface area (Å²) in [6.45, 7) is 9.09. The summed E-state index contributed by atoms with van der Waals surface area (Å²) >= 11 is 1.68. The average molecular weight is 532 g/mol. The van der Waals surface area contributed by atoms with E-state index in [2.05, 4.69) is 24.5 Å². The third-order valence-electron chi connectivity index (χ3n) is 8.16. The molecule has 0 aromatic heterocycles. The van der Waals surface area contributed by atoms with Gasteiger partial charge in [-0.05, 0) is 77.1 Å². The molecule has 1 aromatic rings. The highest BCUT2D eigenvalue weighted by Crippen LogP contribution is 2.71. The van der Waals surface area contributed by atoms with E-state index < -0.39 is 27.4 Å². The van der Waals surface area contributed by atoms with Gasteiger partial charge in [-0.2, -0.15) is 0 Å². The van der Waals surface area contributed by atoms with Gasteiger partial charge < -0.3 is 25.4 Å². The van der Waals surface area contributed by atoms with Crippen molar-refractivity contribution in [3.05, 3.63) is 24.3 Å². The molecule has 3 amide bonds. The van der Waals surface area contributed by atoms with Crippen LogP contribution in [-0.4, -0.2) is 69.1 Å². The van der Waals surface area contributed by atoms with E-state index in [0.717, 1.165) is 31.4 Å². The third kappa shape index (κ3) is 5.09. The number of amides is 3. The first-order valence-corrected chi connectivity index (χ1v) is 14.5. The number of benzene rings is 1. The summed E-state index contributed by atoms with van der Waals surface area (Å²) in [7, 11) is 0. The minimum Gasteiger partial charge on any atom is -0.494 e. The summed E-state index contributed by atoms with van der Waals surface area (Å²) in [5.74, 6) is -0.747. The molecule has 204 valence electrons. The molecule has 1 aromatic carbocycles. The Morgan fingerprint density at radius 2 is 1.92 bits per heavy atom. The summed E-state index contributed by atoms with van der Waals surface area (Å²) in [6.07, 6.45) is 4.51. The lowest BCUT2D eigenvalue weighted by Crippen LogP contribution is -2.55. The van der Waals surface area contributed by atoms with Crippen LogP contribution in [0.15, 0.2) is 24.3 Å². The van der Waals surface area contributed by atoms with Crippen LogP contribution in [0.2, 0.25) is 0 Å². The molecule has 6 atom stereocenters. The third-order valence-corrected chi connectivity index (χ3v) is 10.1. The Hall–Kier alpha value is -2.26.